The molecule has 0 fully saturated rings. The molecular weight excluding hydrogens is 428 g/mol. The number of rotatable bonds is 3. The molecule has 0 radical (unpaired) electrons. The van der Waals surface area contributed by atoms with Gasteiger partial charge in [0.2, 0.25) is 0 Å². The molecule has 35 heavy (non-hydrogen) atoms. The lowest BCUT2D eigenvalue weighted by Gasteiger charge is -2.08. The Bertz CT molecular complexity index is 1840. The van der Waals surface area contributed by atoms with E-state index in [4.69, 9.17) is 14.4 Å². The van der Waals surface area contributed by atoms with E-state index >= 15 is 0 Å². The topological polar surface area (TPSA) is 38.9 Å². The zero-order chi connectivity index (χ0) is 23.2. The molecule has 0 amide bonds. The lowest BCUT2D eigenvalue weighted by molar-refractivity contribution is 0.671. The van der Waals surface area contributed by atoms with Crippen LogP contribution in [0.15, 0.2) is 126 Å². The van der Waals surface area contributed by atoms with Crippen LogP contribution in [0.1, 0.15) is 0 Å². The SMILES string of the molecule is c1ccc(-c2cccc(-c3nc(-c4ccccc4)nc4c3oc3c5ccccc5ccc43)c2)cc1. The standard InChI is InChI=1S/C32H20N2O/c1-3-10-21(11-4-1)24-15-9-16-25(20-24)28-31-29(34-32(33-28)23-13-5-2-6-14-23)27-19-18-22-12-7-8-17-26(22)30(27)35-31/h1-20H. The second kappa shape index (κ2) is 7.93. The van der Waals surface area contributed by atoms with E-state index in [9.17, 15) is 0 Å². The quantitative estimate of drug-likeness (QED) is 0.272. The average molecular weight is 449 g/mol. The van der Waals surface area contributed by atoms with Crippen molar-refractivity contribution < 1.29 is 4.42 Å². The van der Waals surface area contributed by atoms with E-state index in [1.165, 1.54) is 5.56 Å². The van der Waals surface area contributed by atoms with Gasteiger partial charge in [0, 0.05) is 21.9 Å². The first-order valence-electron chi connectivity index (χ1n) is 11.7. The third-order valence-electron chi connectivity index (χ3n) is 6.48. The molecule has 0 saturated carbocycles. The van der Waals surface area contributed by atoms with Crippen molar-refractivity contribution in [1.29, 1.82) is 0 Å². The van der Waals surface area contributed by atoms with Crippen LogP contribution < -0.4 is 0 Å². The molecule has 3 heteroatoms. The largest absolute Gasteiger partial charge is 0.451 e. The molecule has 7 rings (SSSR count). The van der Waals surface area contributed by atoms with E-state index in [1.807, 2.05) is 48.5 Å². The van der Waals surface area contributed by atoms with Gasteiger partial charge >= 0.3 is 0 Å². The zero-order valence-corrected chi connectivity index (χ0v) is 18.8. The van der Waals surface area contributed by atoms with Crippen molar-refractivity contribution in [3.8, 4) is 33.8 Å². The molecule has 0 aliphatic rings. The van der Waals surface area contributed by atoms with Gasteiger partial charge in [0.05, 0.1) is 0 Å². The van der Waals surface area contributed by atoms with Gasteiger partial charge < -0.3 is 4.42 Å². The molecule has 2 aromatic heterocycles. The maximum absolute atomic E-state index is 6.56. The lowest BCUT2D eigenvalue weighted by atomic mass is 10.0. The lowest BCUT2D eigenvalue weighted by Crippen LogP contribution is -1.94. The Balaban J connectivity index is 1.55. The minimum absolute atomic E-state index is 0.689. The van der Waals surface area contributed by atoms with Gasteiger partial charge in [-0.15, -0.1) is 0 Å². The monoisotopic (exact) mass is 448 g/mol. The summed E-state index contributed by atoms with van der Waals surface area (Å²) in [5.41, 5.74) is 7.46. The maximum atomic E-state index is 6.56. The molecule has 0 N–H and O–H groups in total. The van der Waals surface area contributed by atoms with Gasteiger partial charge in [-0.3, -0.25) is 0 Å². The van der Waals surface area contributed by atoms with Crippen molar-refractivity contribution in [2.45, 2.75) is 0 Å². The minimum atomic E-state index is 0.689. The maximum Gasteiger partial charge on any atom is 0.180 e. The first-order chi connectivity index (χ1) is 17.3. The number of hydrogen-bond donors (Lipinski definition) is 0. The van der Waals surface area contributed by atoms with Crippen LogP contribution in [0.3, 0.4) is 0 Å². The minimum Gasteiger partial charge on any atom is -0.451 e. The summed E-state index contributed by atoms with van der Waals surface area (Å²) < 4.78 is 6.56. The number of hydrogen-bond acceptors (Lipinski definition) is 3. The van der Waals surface area contributed by atoms with Crippen molar-refractivity contribution in [2.24, 2.45) is 0 Å². The highest BCUT2D eigenvalue weighted by molar-refractivity contribution is 6.15. The summed E-state index contributed by atoms with van der Waals surface area (Å²) in [4.78, 5) is 10.0. The summed E-state index contributed by atoms with van der Waals surface area (Å²) in [6, 6.07) is 41.5. The second-order valence-corrected chi connectivity index (χ2v) is 8.65. The van der Waals surface area contributed by atoms with Crippen molar-refractivity contribution in [3.63, 3.8) is 0 Å². The Labute approximate surface area is 202 Å². The van der Waals surface area contributed by atoms with E-state index in [1.54, 1.807) is 0 Å². The van der Waals surface area contributed by atoms with Crippen LogP contribution in [0, 0.1) is 0 Å². The van der Waals surface area contributed by atoms with E-state index in [0.29, 0.717) is 11.4 Å². The highest BCUT2D eigenvalue weighted by atomic mass is 16.3. The third-order valence-corrected chi connectivity index (χ3v) is 6.48. The fraction of sp³-hybridized carbons (Fsp3) is 0. The number of aromatic nitrogens is 2. The van der Waals surface area contributed by atoms with Crippen LogP contribution in [0.25, 0.3) is 66.6 Å². The predicted molar refractivity (Wildman–Crippen MR) is 143 cm³/mol. The van der Waals surface area contributed by atoms with Gasteiger partial charge in [-0.25, -0.2) is 9.97 Å². The Kier molecular flexibility index (Phi) is 4.46. The molecule has 0 spiro atoms. The van der Waals surface area contributed by atoms with Crippen LogP contribution in [-0.2, 0) is 0 Å². The Hall–Kier alpha value is -4.76. The molecule has 5 aromatic carbocycles. The summed E-state index contributed by atoms with van der Waals surface area (Å²) >= 11 is 0. The smallest absolute Gasteiger partial charge is 0.180 e. The molecule has 2 heterocycles. The molecule has 7 aromatic rings. The van der Waals surface area contributed by atoms with E-state index in [0.717, 1.165) is 49.6 Å². The van der Waals surface area contributed by atoms with Crippen molar-refractivity contribution >= 4 is 32.8 Å². The summed E-state index contributed by atoms with van der Waals surface area (Å²) in [7, 11) is 0. The summed E-state index contributed by atoms with van der Waals surface area (Å²) in [5.74, 6) is 0.689. The predicted octanol–water partition coefficient (Wildman–Crippen LogP) is 8.53. The zero-order valence-electron chi connectivity index (χ0n) is 18.8. The van der Waals surface area contributed by atoms with Crippen LogP contribution in [0.5, 0.6) is 0 Å². The molecule has 0 aliphatic heterocycles. The molecule has 3 nitrogen and oxygen atoms in total. The van der Waals surface area contributed by atoms with Crippen LogP contribution in [0.4, 0.5) is 0 Å². The van der Waals surface area contributed by atoms with Crippen molar-refractivity contribution in [2.75, 3.05) is 0 Å². The molecule has 0 bridgehead atoms. The Morgan fingerprint density at radius 1 is 0.457 bits per heavy atom. The van der Waals surface area contributed by atoms with Crippen molar-refractivity contribution in [1.82, 2.24) is 9.97 Å². The van der Waals surface area contributed by atoms with Gasteiger partial charge in [-0.05, 0) is 28.6 Å². The molecule has 0 atom stereocenters. The van der Waals surface area contributed by atoms with Gasteiger partial charge in [0.25, 0.3) is 0 Å². The normalized spacial score (nSPS) is 11.4. The van der Waals surface area contributed by atoms with E-state index in [2.05, 4.69) is 72.8 Å². The number of benzene rings is 5. The molecule has 0 saturated heterocycles. The van der Waals surface area contributed by atoms with Gasteiger partial charge in [-0.2, -0.15) is 0 Å². The fourth-order valence-electron chi connectivity index (χ4n) is 4.76. The molecule has 0 aliphatic carbocycles. The third kappa shape index (κ3) is 3.29. The Morgan fingerprint density at radius 3 is 1.97 bits per heavy atom. The second-order valence-electron chi connectivity index (χ2n) is 8.65. The number of furan rings is 1. The van der Waals surface area contributed by atoms with E-state index < -0.39 is 0 Å². The summed E-state index contributed by atoms with van der Waals surface area (Å²) in [5, 5.41) is 3.22. The highest BCUT2D eigenvalue weighted by Crippen LogP contribution is 2.39. The van der Waals surface area contributed by atoms with Crippen LogP contribution in [-0.4, -0.2) is 9.97 Å². The summed E-state index contributed by atoms with van der Waals surface area (Å²) in [6.07, 6.45) is 0. The number of nitrogens with zero attached hydrogens (tertiary/aromatic N) is 2. The van der Waals surface area contributed by atoms with Gasteiger partial charge in [-0.1, -0.05) is 109 Å². The molecular formula is C32H20N2O. The average Bonchev–Trinajstić information content (AvgIpc) is 3.33. The summed E-state index contributed by atoms with van der Waals surface area (Å²) in [6.45, 7) is 0. The van der Waals surface area contributed by atoms with E-state index in [-0.39, 0.29) is 0 Å². The van der Waals surface area contributed by atoms with Crippen LogP contribution in [0.2, 0.25) is 0 Å². The number of fused-ring (bicyclic) bond motifs is 5. The highest BCUT2D eigenvalue weighted by Gasteiger charge is 2.19. The first kappa shape index (κ1) is 19.7. The molecule has 164 valence electrons. The van der Waals surface area contributed by atoms with Gasteiger partial charge in [0.1, 0.15) is 16.8 Å². The first-order valence-corrected chi connectivity index (χ1v) is 11.7. The van der Waals surface area contributed by atoms with Crippen molar-refractivity contribution in [3.05, 3.63) is 121 Å². The Morgan fingerprint density at radius 2 is 1.14 bits per heavy atom. The molecule has 0 unspecified atom stereocenters. The van der Waals surface area contributed by atoms with Gasteiger partial charge in [0.15, 0.2) is 11.4 Å². The van der Waals surface area contributed by atoms with Crippen LogP contribution >= 0.6 is 0 Å². The fourth-order valence-corrected chi connectivity index (χ4v) is 4.76.